The molecule has 2 heterocycles. The molecule has 0 radical (unpaired) electrons. The second kappa shape index (κ2) is 6.07. The fourth-order valence-corrected chi connectivity index (χ4v) is 3.62. The highest BCUT2D eigenvalue weighted by Gasteiger charge is 2.39. The predicted octanol–water partition coefficient (Wildman–Crippen LogP) is 3.61. The average Bonchev–Trinajstić information content (AvgIpc) is 2.85. The first kappa shape index (κ1) is 15.0. The Hall–Kier alpha value is -0.900. The van der Waals surface area contributed by atoms with Gasteiger partial charge in [0.2, 0.25) is 0 Å². The number of hydrogen-bond donors (Lipinski definition) is 0. The van der Waals surface area contributed by atoms with Gasteiger partial charge in [-0.25, -0.2) is 4.39 Å². The van der Waals surface area contributed by atoms with Crippen molar-refractivity contribution in [2.75, 3.05) is 19.6 Å². The van der Waals surface area contributed by atoms with Crippen LogP contribution in [0.2, 0.25) is 0 Å². The Balaban J connectivity index is 1.49. The summed E-state index contributed by atoms with van der Waals surface area (Å²) in [4.78, 5) is 2.31. The van der Waals surface area contributed by atoms with Gasteiger partial charge in [0, 0.05) is 25.8 Å². The van der Waals surface area contributed by atoms with Crippen LogP contribution in [0.1, 0.15) is 57.6 Å². The van der Waals surface area contributed by atoms with E-state index in [0.29, 0.717) is 18.5 Å². The van der Waals surface area contributed by atoms with Crippen LogP contribution in [0.4, 0.5) is 4.39 Å². The highest BCUT2D eigenvalue weighted by molar-refractivity contribution is 5.05. The molecule has 3 nitrogen and oxygen atoms in total. The van der Waals surface area contributed by atoms with Gasteiger partial charge in [-0.05, 0) is 50.0 Å². The third kappa shape index (κ3) is 3.65. The summed E-state index contributed by atoms with van der Waals surface area (Å²) in [7, 11) is 0. The maximum absolute atomic E-state index is 14.2. The van der Waals surface area contributed by atoms with Crippen LogP contribution in [-0.4, -0.2) is 40.0 Å². The first-order valence-corrected chi connectivity index (χ1v) is 8.48. The average molecular weight is 293 g/mol. The molecule has 118 valence electrons. The Labute approximate surface area is 127 Å². The summed E-state index contributed by atoms with van der Waals surface area (Å²) in [5.74, 6) is 0.674. The van der Waals surface area contributed by atoms with Crippen molar-refractivity contribution in [1.29, 1.82) is 0 Å². The molecule has 0 bridgehead atoms. The molecular formula is C17H28FN3. The van der Waals surface area contributed by atoms with Crippen molar-refractivity contribution in [2.45, 2.75) is 64.1 Å². The van der Waals surface area contributed by atoms with Crippen LogP contribution < -0.4 is 0 Å². The smallest absolute Gasteiger partial charge is 0.123 e. The normalized spacial score (nSPS) is 23.4. The van der Waals surface area contributed by atoms with Crippen molar-refractivity contribution in [3.05, 3.63) is 18.0 Å². The fraction of sp³-hybridized carbons (Fsp3) is 0.824. The number of piperidine rings is 1. The van der Waals surface area contributed by atoms with Crippen LogP contribution in [0, 0.1) is 5.92 Å². The zero-order valence-corrected chi connectivity index (χ0v) is 13.4. The summed E-state index contributed by atoms with van der Waals surface area (Å²) in [6.45, 7) is 7.15. The van der Waals surface area contributed by atoms with Gasteiger partial charge in [0.05, 0.1) is 12.2 Å². The topological polar surface area (TPSA) is 21.1 Å². The zero-order chi connectivity index (χ0) is 14.9. The first-order chi connectivity index (χ1) is 10.0. The number of aromatic nitrogens is 2. The van der Waals surface area contributed by atoms with Crippen molar-refractivity contribution in [2.24, 2.45) is 5.92 Å². The molecule has 1 saturated carbocycles. The SMILES string of the molecule is CC(C)Cc1cnn(C2CCN(CC3(F)CCC3)CC2)c1. The Morgan fingerprint density at radius 1 is 1.33 bits per heavy atom. The first-order valence-electron chi connectivity index (χ1n) is 8.48. The molecule has 1 saturated heterocycles. The van der Waals surface area contributed by atoms with Gasteiger partial charge in [0.25, 0.3) is 0 Å². The molecular weight excluding hydrogens is 265 g/mol. The summed E-state index contributed by atoms with van der Waals surface area (Å²) < 4.78 is 16.3. The molecule has 1 aromatic rings. The largest absolute Gasteiger partial charge is 0.300 e. The number of nitrogens with zero attached hydrogens (tertiary/aromatic N) is 3. The van der Waals surface area contributed by atoms with Gasteiger partial charge in [-0.2, -0.15) is 5.10 Å². The van der Waals surface area contributed by atoms with E-state index in [-0.39, 0.29) is 0 Å². The van der Waals surface area contributed by atoms with E-state index in [4.69, 9.17) is 0 Å². The van der Waals surface area contributed by atoms with Crippen LogP contribution in [0.5, 0.6) is 0 Å². The monoisotopic (exact) mass is 293 g/mol. The molecule has 0 atom stereocenters. The van der Waals surface area contributed by atoms with E-state index in [9.17, 15) is 4.39 Å². The third-order valence-electron chi connectivity index (χ3n) is 4.99. The number of alkyl halides is 1. The van der Waals surface area contributed by atoms with Gasteiger partial charge in [0.1, 0.15) is 5.67 Å². The lowest BCUT2D eigenvalue weighted by Gasteiger charge is -2.41. The van der Waals surface area contributed by atoms with Crippen molar-refractivity contribution in [3.8, 4) is 0 Å². The molecule has 1 aliphatic carbocycles. The number of hydrogen-bond acceptors (Lipinski definition) is 2. The quantitative estimate of drug-likeness (QED) is 0.827. The standard InChI is InChI=1S/C17H28FN3/c1-14(2)10-15-11-19-21(12-15)16-4-8-20(9-5-16)13-17(18)6-3-7-17/h11-12,14,16H,3-10,13H2,1-2H3. The lowest BCUT2D eigenvalue weighted by molar-refractivity contribution is 0.0102. The van der Waals surface area contributed by atoms with Crippen molar-refractivity contribution < 1.29 is 4.39 Å². The van der Waals surface area contributed by atoms with E-state index in [0.717, 1.165) is 51.6 Å². The Kier molecular flexibility index (Phi) is 4.34. The minimum Gasteiger partial charge on any atom is -0.300 e. The van der Waals surface area contributed by atoms with Gasteiger partial charge >= 0.3 is 0 Å². The molecule has 0 N–H and O–H groups in total. The molecule has 4 heteroatoms. The Morgan fingerprint density at radius 2 is 2.05 bits per heavy atom. The highest BCUT2D eigenvalue weighted by atomic mass is 19.1. The van der Waals surface area contributed by atoms with Gasteiger partial charge < -0.3 is 4.90 Å². The molecule has 21 heavy (non-hydrogen) atoms. The van der Waals surface area contributed by atoms with Gasteiger partial charge in [-0.1, -0.05) is 13.8 Å². The predicted molar refractivity (Wildman–Crippen MR) is 83.2 cm³/mol. The van der Waals surface area contributed by atoms with E-state index in [2.05, 4.69) is 34.7 Å². The summed E-state index contributed by atoms with van der Waals surface area (Å²) in [6, 6.07) is 0.499. The van der Waals surface area contributed by atoms with Crippen LogP contribution in [0.15, 0.2) is 12.4 Å². The second-order valence-corrected chi connectivity index (χ2v) is 7.44. The van der Waals surface area contributed by atoms with Gasteiger partial charge in [-0.15, -0.1) is 0 Å². The highest BCUT2D eigenvalue weighted by Crippen LogP contribution is 2.37. The summed E-state index contributed by atoms with van der Waals surface area (Å²) in [5.41, 5.74) is 0.466. The maximum atomic E-state index is 14.2. The maximum Gasteiger partial charge on any atom is 0.123 e. The summed E-state index contributed by atoms with van der Waals surface area (Å²) in [6.07, 6.45) is 10.1. The van der Waals surface area contributed by atoms with Gasteiger partial charge in [-0.3, -0.25) is 4.68 Å². The van der Waals surface area contributed by atoms with Crippen LogP contribution in [0.3, 0.4) is 0 Å². The van der Waals surface area contributed by atoms with Crippen molar-refractivity contribution in [3.63, 3.8) is 0 Å². The van der Waals surface area contributed by atoms with Crippen molar-refractivity contribution in [1.82, 2.24) is 14.7 Å². The molecule has 0 spiro atoms. The van der Waals surface area contributed by atoms with E-state index in [1.807, 2.05) is 6.20 Å². The molecule has 3 rings (SSSR count). The molecule has 1 aromatic heterocycles. The lowest BCUT2D eigenvalue weighted by Crippen LogP contribution is -2.47. The molecule has 0 unspecified atom stereocenters. The minimum atomic E-state index is -0.872. The molecule has 0 aromatic carbocycles. The van der Waals surface area contributed by atoms with E-state index >= 15 is 0 Å². The molecule has 2 aliphatic rings. The van der Waals surface area contributed by atoms with Crippen LogP contribution >= 0.6 is 0 Å². The van der Waals surface area contributed by atoms with E-state index < -0.39 is 5.67 Å². The number of halogens is 1. The fourth-order valence-electron chi connectivity index (χ4n) is 3.62. The number of likely N-dealkylation sites (tertiary alicyclic amines) is 1. The second-order valence-electron chi connectivity index (χ2n) is 7.44. The zero-order valence-electron chi connectivity index (χ0n) is 13.4. The minimum absolute atomic E-state index is 0.499. The summed E-state index contributed by atoms with van der Waals surface area (Å²) in [5, 5.41) is 4.54. The molecule has 0 amide bonds. The van der Waals surface area contributed by atoms with E-state index in [1.54, 1.807) is 0 Å². The summed E-state index contributed by atoms with van der Waals surface area (Å²) >= 11 is 0. The molecule has 1 aliphatic heterocycles. The lowest BCUT2D eigenvalue weighted by atomic mass is 9.81. The van der Waals surface area contributed by atoms with Crippen LogP contribution in [-0.2, 0) is 6.42 Å². The van der Waals surface area contributed by atoms with Gasteiger partial charge in [0.15, 0.2) is 0 Å². The van der Waals surface area contributed by atoms with E-state index in [1.165, 1.54) is 5.56 Å². The van der Waals surface area contributed by atoms with Crippen molar-refractivity contribution >= 4 is 0 Å². The van der Waals surface area contributed by atoms with Crippen LogP contribution in [0.25, 0.3) is 0 Å². The third-order valence-corrected chi connectivity index (χ3v) is 4.99. The Bertz CT molecular complexity index is 456. The number of rotatable bonds is 5. The molecule has 2 fully saturated rings. The Morgan fingerprint density at radius 3 is 2.62 bits per heavy atom.